The second kappa shape index (κ2) is 3.45. The molecule has 0 bridgehead atoms. The van der Waals surface area contributed by atoms with Crippen LogP contribution in [0.2, 0.25) is 0 Å². The van der Waals surface area contributed by atoms with Crippen molar-refractivity contribution >= 4 is 10.9 Å². The topological polar surface area (TPSA) is 26.0 Å². The van der Waals surface area contributed by atoms with E-state index in [4.69, 9.17) is 4.42 Å². The highest BCUT2D eigenvalue weighted by molar-refractivity contribution is 5.83. The van der Waals surface area contributed by atoms with Crippen LogP contribution >= 0.6 is 0 Å². The van der Waals surface area contributed by atoms with Crippen LogP contribution in [0.1, 0.15) is 0 Å². The first-order valence-electron chi connectivity index (χ1n) is 4.92. The zero-order valence-corrected chi connectivity index (χ0v) is 8.35. The average Bonchev–Trinajstić information content (AvgIpc) is 2.82. The van der Waals surface area contributed by atoms with Crippen molar-refractivity contribution in [2.75, 3.05) is 0 Å². The van der Waals surface area contributed by atoms with Crippen LogP contribution in [-0.4, -0.2) is 4.98 Å². The van der Waals surface area contributed by atoms with Gasteiger partial charge in [-0.15, -0.1) is 0 Å². The van der Waals surface area contributed by atoms with E-state index in [9.17, 15) is 4.39 Å². The summed E-state index contributed by atoms with van der Waals surface area (Å²) in [5.41, 5.74) is 1.70. The number of hydrogen-bond donors (Lipinski definition) is 0. The molecular formula is C13H8FNO. The Kier molecular flexibility index (Phi) is 1.96. The number of nitrogens with zero attached hydrogens (tertiary/aromatic N) is 1. The van der Waals surface area contributed by atoms with Gasteiger partial charge >= 0.3 is 0 Å². The fourth-order valence-electron chi connectivity index (χ4n) is 1.69. The van der Waals surface area contributed by atoms with Crippen molar-refractivity contribution in [1.29, 1.82) is 0 Å². The molecule has 0 radical (unpaired) electrons. The number of pyridine rings is 1. The van der Waals surface area contributed by atoms with Crippen molar-refractivity contribution < 1.29 is 8.81 Å². The monoisotopic (exact) mass is 213 g/mol. The Bertz CT molecular complexity index is 631. The normalized spacial score (nSPS) is 10.8. The number of halogens is 1. The summed E-state index contributed by atoms with van der Waals surface area (Å²) in [5.74, 6) is 0.464. The largest absolute Gasteiger partial charge is 0.464 e. The van der Waals surface area contributed by atoms with Crippen molar-refractivity contribution in [3.05, 3.63) is 54.7 Å². The number of benzene rings is 1. The van der Waals surface area contributed by atoms with Gasteiger partial charge in [0.05, 0.1) is 18.0 Å². The van der Waals surface area contributed by atoms with E-state index in [0.717, 1.165) is 22.2 Å². The molecule has 0 N–H and O–H groups in total. The molecule has 2 nitrogen and oxygen atoms in total. The number of fused-ring (bicyclic) bond motifs is 1. The van der Waals surface area contributed by atoms with Crippen LogP contribution in [-0.2, 0) is 0 Å². The fourth-order valence-corrected chi connectivity index (χ4v) is 1.69. The minimum Gasteiger partial charge on any atom is -0.464 e. The van der Waals surface area contributed by atoms with Gasteiger partial charge in [0.15, 0.2) is 0 Å². The highest BCUT2D eigenvalue weighted by atomic mass is 19.1. The lowest BCUT2D eigenvalue weighted by molar-refractivity contribution is 0.582. The first-order chi connectivity index (χ1) is 7.83. The molecule has 3 heteroatoms. The van der Waals surface area contributed by atoms with Crippen molar-refractivity contribution in [3.8, 4) is 11.3 Å². The van der Waals surface area contributed by atoms with Crippen molar-refractivity contribution in [2.24, 2.45) is 0 Å². The van der Waals surface area contributed by atoms with Gasteiger partial charge in [-0.25, -0.2) is 4.39 Å². The average molecular weight is 213 g/mol. The number of rotatable bonds is 1. The minimum absolute atomic E-state index is 0.321. The number of furan rings is 1. The fraction of sp³-hybridized carbons (Fsp3) is 0. The van der Waals surface area contributed by atoms with Gasteiger partial charge in [0.1, 0.15) is 11.6 Å². The molecular weight excluding hydrogens is 205 g/mol. The van der Waals surface area contributed by atoms with Gasteiger partial charge in [-0.2, -0.15) is 0 Å². The van der Waals surface area contributed by atoms with Gasteiger partial charge in [-0.1, -0.05) is 12.1 Å². The summed E-state index contributed by atoms with van der Waals surface area (Å²) in [5, 5.41) is 0.787. The molecule has 0 aliphatic carbocycles. The Hall–Kier alpha value is -2.16. The molecule has 3 aromatic rings. The highest BCUT2D eigenvalue weighted by Gasteiger charge is 2.03. The van der Waals surface area contributed by atoms with E-state index in [1.165, 1.54) is 12.3 Å². The quantitative estimate of drug-likeness (QED) is 0.616. The van der Waals surface area contributed by atoms with E-state index in [-0.39, 0.29) is 5.82 Å². The predicted octanol–water partition coefficient (Wildman–Crippen LogP) is 3.63. The molecule has 0 saturated carbocycles. The van der Waals surface area contributed by atoms with E-state index in [1.807, 2.05) is 30.3 Å². The number of aromatic nitrogens is 1. The maximum absolute atomic E-state index is 12.9. The van der Waals surface area contributed by atoms with Crippen LogP contribution in [0.15, 0.2) is 53.3 Å². The second-order valence-electron chi connectivity index (χ2n) is 3.54. The van der Waals surface area contributed by atoms with Gasteiger partial charge in [0.25, 0.3) is 0 Å². The Labute approximate surface area is 91.3 Å². The maximum Gasteiger partial charge on any atom is 0.142 e. The predicted molar refractivity (Wildman–Crippen MR) is 59.4 cm³/mol. The molecule has 0 aliphatic heterocycles. The standard InChI is InChI=1S/C13H8FNO/c14-11-6-9-3-4-10(7-12(9)15-8-11)13-2-1-5-16-13/h1-8H. The van der Waals surface area contributed by atoms with Crippen LogP contribution in [0, 0.1) is 5.82 Å². The molecule has 16 heavy (non-hydrogen) atoms. The lowest BCUT2D eigenvalue weighted by Crippen LogP contribution is -1.82. The SMILES string of the molecule is Fc1cnc2cc(-c3ccco3)ccc2c1. The van der Waals surface area contributed by atoms with E-state index in [0.29, 0.717) is 0 Å². The number of hydrogen-bond acceptors (Lipinski definition) is 2. The molecule has 0 atom stereocenters. The van der Waals surface area contributed by atoms with Gasteiger partial charge in [0, 0.05) is 10.9 Å². The third-order valence-corrected chi connectivity index (χ3v) is 2.46. The van der Waals surface area contributed by atoms with E-state index >= 15 is 0 Å². The summed E-state index contributed by atoms with van der Waals surface area (Å²) in [6.45, 7) is 0. The van der Waals surface area contributed by atoms with Gasteiger partial charge < -0.3 is 4.42 Å². The van der Waals surface area contributed by atoms with Crippen LogP contribution in [0.3, 0.4) is 0 Å². The molecule has 1 aromatic carbocycles. The minimum atomic E-state index is -0.321. The maximum atomic E-state index is 12.9. The zero-order chi connectivity index (χ0) is 11.0. The Morgan fingerprint density at radius 1 is 1.12 bits per heavy atom. The summed E-state index contributed by atoms with van der Waals surface area (Å²) in [4.78, 5) is 4.03. The van der Waals surface area contributed by atoms with E-state index < -0.39 is 0 Å². The molecule has 0 saturated heterocycles. The van der Waals surface area contributed by atoms with Crippen LogP contribution in [0.25, 0.3) is 22.2 Å². The first-order valence-corrected chi connectivity index (χ1v) is 4.92. The molecule has 78 valence electrons. The van der Waals surface area contributed by atoms with Gasteiger partial charge in [-0.3, -0.25) is 4.98 Å². The molecule has 0 fully saturated rings. The van der Waals surface area contributed by atoms with Crippen LogP contribution in [0.5, 0.6) is 0 Å². The van der Waals surface area contributed by atoms with Gasteiger partial charge in [-0.05, 0) is 24.3 Å². The first kappa shape index (κ1) is 9.09. The summed E-state index contributed by atoms with van der Waals surface area (Å²) in [6.07, 6.45) is 2.84. The lowest BCUT2D eigenvalue weighted by atomic mass is 10.1. The molecule has 3 rings (SSSR count). The smallest absolute Gasteiger partial charge is 0.142 e. The summed E-state index contributed by atoms with van der Waals surface area (Å²) >= 11 is 0. The molecule has 2 aromatic heterocycles. The molecule has 0 aliphatic rings. The third kappa shape index (κ3) is 1.46. The molecule has 0 spiro atoms. The molecule has 0 unspecified atom stereocenters. The molecule has 2 heterocycles. The van der Waals surface area contributed by atoms with Crippen molar-refractivity contribution in [2.45, 2.75) is 0 Å². The van der Waals surface area contributed by atoms with Crippen LogP contribution < -0.4 is 0 Å². The van der Waals surface area contributed by atoms with E-state index in [2.05, 4.69) is 4.98 Å². The summed E-state index contributed by atoms with van der Waals surface area (Å²) < 4.78 is 18.2. The zero-order valence-electron chi connectivity index (χ0n) is 8.35. The van der Waals surface area contributed by atoms with Crippen molar-refractivity contribution in [1.82, 2.24) is 4.98 Å². The summed E-state index contributed by atoms with van der Waals surface area (Å²) in [6, 6.07) is 10.8. The highest BCUT2D eigenvalue weighted by Crippen LogP contribution is 2.23. The lowest BCUT2D eigenvalue weighted by Gasteiger charge is -2.00. The van der Waals surface area contributed by atoms with Crippen LogP contribution in [0.4, 0.5) is 4.39 Å². The van der Waals surface area contributed by atoms with Gasteiger partial charge in [0.2, 0.25) is 0 Å². The Morgan fingerprint density at radius 2 is 2.06 bits per heavy atom. The Morgan fingerprint density at radius 3 is 2.88 bits per heavy atom. The molecule has 0 amide bonds. The third-order valence-electron chi connectivity index (χ3n) is 2.46. The Balaban J connectivity index is 2.20. The summed E-state index contributed by atoms with van der Waals surface area (Å²) in [7, 11) is 0. The van der Waals surface area contributed by atoms with E-state index in [1.54, 1.807) is 6.26 Å². The van der Waals surface area contributed by atoms with Crippen molar-refractivity contribution in [3.63, 3.8) is 0 Å². The second-order valence-corrected chi connectivity index (χ2v) is 3.54.